The molecule has 0 aliphatic carbocycles. The van der Waals surface area contributed by atoms with Crippen LogP contribution in [0.5, 0.6) is 5.75 Å². The zero-order chi connectivity index (χ0) is 12.8. The number of ether oxygens (including phenoxy) is 1. The Hall–Kier alpha value is -1.25. The second-order valence-corrected chi connectivity index (χ2v) is 4.63. The van der Waals surface area contributed by atoms with Crippen LogP contribution >= 0.6 is 11.6 Å². The smallest absolute Gasteiger partial charge is 0.127 e. The van der Waals surface area contributed by atoms with Crippen LogP contribution in [0.2, 0.25) is 5.02 Å². The van der Waals surface area contributed by atoms with Crippen LogP contribution in [-0.4, -0.2) is 18.3 Å². The van der Waals surface area contributed by atoms with Crippen molar-refractivity contribution in [2.75, 3.05) is 13.2 Å². The molecule has 0 atom stereocenters. The van der Waals surface area contributed by atoms with Gasteiger partial charge in [0, 0.05) is 22.4 Å². The molecule has 2 aromatic rings. The fourth-order valence-corrected chi connectivity index (χ4v) is 2.16. The lowest BCUT2D eigenvalue weighted by Crippen LogP contribution is -1.98. The van der Waals surface area contributed by atoms with E-state index in [1.54, 1.807) is 0 Å². The third-order valence-electron chi connectivity index (χ3n) is 2.89. The second kappa shape index (κ2) is 6.62. The molecule has 0 aromatic heterocycles. The monoisotopic (exact) mass is 264 g/mol. The first-order valence-corrected chi connectivity index (χ1v) is 6.61. The summed E-state index contributed by atoms with van der Waals surface area (Å²) in [6.07, 6.45) is 2.78. The van der Waals surface area contributed by atoms with Crippen LogP contribution in [0.15, 0.2) is 36.4 Å². The number of hydrogen-bond donors (Lipinski definition) is 1. The highest BCUT2D eigenvalue weighted by molar-refractivity contribution is 6.35. The van der Waals surface area contributed by atoms with E-state index in [0.717, 1.165) is 40.8 Å². The lowest BCUT2D eigenvalue weighted by molar-refractivity contribution is 0.267. The Morgan fingerprint density at radius 2 is 1.72 bits per heavy atom. The molecule has 0 saturated heterocycles. The zero-order valence-corrected chi connectivity index (χ0v) is 11.0. The molecule has 0 unspecified atom stereocenters. The van der Waals surface area contributed by atoms with Crippen molar-refractivity contribution in [3.05, 3.63) is 41.4 Å². The molecule has 2 rings (SSSR count). The topological polar surface area (TPSA) is 29.5 Å². The van der Waals surface area contributed by atoms with Gasteiger partial charge in [-0.05, 0) is 31.4 Å². The molecule has 18 heavy (non-hydrogen) atoms. The molecule has 0 fully saturated rings. The summed E-state index contributed by atoms with van der Waals surface area (Å²) < 4.78 is 5.78. The maximum absolute atomic E-state index is 8.70. The van der Waals surface area contributed by atoms with E-state index in [1.807, 2.05) is 36.4 Å². The number of halogens is 1. The Labute approximate surface area is 112 Å². The minimum atomic E-state index is 0.254. The molecule has 1 N–H and O–H groups in total. The van der Waals surface area contributed by atoms with Crippen LogP contribution < -0.4 is 4.74 Å². The SMILES string of the molecule is OCCCCCOc1ccc(Cl)c2ccccc12. The highest BCUT2D eigenvalue weighted by atomic mass is 35.5. The maximum Gasteiger partial charge on any atom is 0.127 e. The Bertz CT molecular complexity index is 511. The van der Waals surface area contributed by atoms with Gasteiger partial charge in [-0.15, -0.1) is 0 Å². The van der Waals surface area contributed by atoms with Crippen LogP contribution in [0.25, 0.3) is 10.8 Å². The minimum Gasteiger partial charge on any atom is -0.493 e. The first kappa shape index (κ1) is 13.2. The van der Waals surface area contributed by atoms with E-state index >= 15 is 0 Å². The summed E-state index contributed by atoms with van der Waals surface area (Å²) in [6.45, 7) is 0.926. The van der Waals surface area contributed by atoms with Gasteiger partial charge in [0.2, 0.25) is 0 Å². The van der Waals surface area contributed by atoms with Crippen LogP contribution in [0.1, 0.15) is 19.3 Å². The van der Waals surface area contributed by atoms with Gasteiger partial charge in [0.1, 0.15) is 5.75 Å². The van der Waals surface area contributed by atoms with Gasteiger partial charge in [0.05, 0.1) is 6.61 Å². The van der Waals surface area contributed by atoms with Crippen molar-refractivity contribution in [2.24, 2.45) is 0 Å². The fraction of sp³-hybridized carbons (Fsp3) is 0.333. The average molecular weight is 265 g/mol. The van der Waals surface area contributed by atoms with E-state index in [1.165, 1.54) is 0 Å². The molecule has 0 radical (unpaired) electrons. The van der Waals surface area contributed by atoms with E-state index < -0.39 is 0 Å². The lowest BCUT2D eigenvalue weighted by Gasteiger charge is -2.10. The largest absolute Gasteiger partial charge is 0.493 e. The molecule has 3 heteroatoms. The second-order valence-electron chi connectivity index (χ2n) is 4.22. The highest BCUT2D eigenvalue weighted by Crippen LogP contribution is 2.31. The lowest BCUT2D eigenvalue weighted by atomic mass is 10.1. The molecular formula is C15H17ClO2. The first-order valence-electron chi connectivity index (χ1n) is 6.24. The first-order chi connectivity index (χ1) is 8.83. The summed E-state index contributed by atoms with van der Waals surface area (Å²) in [6, 6.07) is 11.8. The summed E-state index contributed by atoms with van der Waals surface area (Å²) in [5.74, 6) is 0.874. The van der Waals surface area contributed by atoms with Crippen molar-refractivity contribution in [3.8, 4) is 5.75 Å². The number of aliphatic hydroxyl groups is 1. The van der Waals surface area contributed by atoms with Crippen LogP contribution in [0.3, 0.4) is 0 Å². The maximum atomic E-state index is 8.70. The number of fused-ring (bicyclic) bond motifs is 1. The van der Waals surface area contributed by atoms with Crippen molar-refractivity contribution in [3.63, 3.8) is 0 Å². The number of benzene rings is 2. The van der Waals surface area contributed by atoms with Gasteiger partial charge in [-0.3, -0.25) is 0 Å². The van der Waals surface area contributed by atoms with Crippen molar-refractivity contribution < 1.29 is 9.84 Å². The Kier molecular flexibility index (Phi) is 4.85. The van der Waals surface area contributed by atoms with Gasteiger partial charge < -0.3 is 9.84 Å². The van der Waals surface area contributed by atoms with Crippen molar-refractivity contribution >= 4 is 22.4 Å². The molecular weight excluding hydrogens is 248 g/mol. The van der Waals surface area contributed by atoms with E-state index in [4.69, 9.17) is 21.4 Å². The number of hydrogen-bond acceptors (Lipinski definition) is 2. The van der Waals surface area contributed by atoms with E-state index in [9.17, 15) is 0 Å². The number of rotatable bonds is 6. The third kappa shape index (κ3) is 3.15. The standard InChI is InChI=1S/C15H17ClO2/c16-14-8-9-15(18-11-5-1-4-10-17)13-7-3-2-6-12(13)14/h2-3,6-9,17H,1,4-5,10-11H2. The molecule has 0 aliphatic heterocycles. The van der Waals surface area contributed by atoms with Crippen LogP contribution in [-0.2, 0) is 0 Å². The molecule has 0 amide bonds. The van der Waals surface area contributed by atoms with Gasteiger partial charge >= 0.3 is 0 Å². The molecule has 2 nitrogen and oxygen atoms in total. The summed E-state index contributed by atoms with van der Waals surface area (Å²) in [5.41, 5.74) is 0. The predicted molar refractivity (Wildman–Crippen MR) is 75.4 cm³/mol. The normalized spacial score (nSPS) is 10.8. The molecule has 2 aromatic carbocycles. The average Bonchev–Trinajstić information content (AvgIpc) is 2.41. The van der Waals surface area contributed by atoms with Crippen LogP contribution in [0, 0.1) is 0 Å². The van der Waals surface area contributed by atoms with Crippen LogP contribution in [0.4, 0.5) is 0 Å². The summed E-state index contributed by atoms with van der Waals surface area (Å²) in [7, 11) is 0. The van der Waals surface area contributed by atoms with E-state index in [0.29, 0.717) is 6.61 Å². The quantitative estimate of drug-likeness (QED) is 0.798. The Morgan fingerprint density at radius 3 is 2.50 bits per heavy atom. The molecule has 0 bridgehead atoms. The number of aliphatic hydroxyl groups excluding tert-OH is 1. The van der Waals surface area contributed by atoms with Gasteiger partial charge in [0.25, 0.3) is 0 Å². The number of unbranched alkanes of at least 4 members (excludes halogenated alkanes) is 2. The molecule has 96 valence electrons. The zero-order valence-electron chi connectivity index (χ0n) is 10.2. The summed E-state index contributed by atoms with van der Waals surface area (Å²) >= 11 is 6.15. The van der Waals surface area contributed by atoms with Gasteiger partial charge in [-0.25, -0.2) is 0 Å². The summed E-state index contributed by atoms with van der Waals surface area (Å²) in [4.78, 5) is 0. The molecule has 0 saturated carbocycles. The van der Waals surface area contributed by atoms with Crippen molar-refractivity contribution in [1.29, 1.82) is 0 Å². The highest BCUT2D eigenvalue weighted by Gasteiger charge is 2.04. The molecule has 0 heterocycles. The molecule has 0 spiro atoms. The van der Waals surface area contributed by atoms with Gasteiger partial charge in [-0.1, -0.05) is 35.9 Å². The Balaban J connectivity index is 2.07. The minimum absolute atomic E-state index is 0.254. The van der Waals surface area contributed by atoms with E-state index in [-0.39, 0.29) is 6.61 Å². The third-order valence-corrected chi connectivity index (χ3v) is 3.22. The van der Waals surface area contributed by atoms with Gasteiger partial charge in [0.15, 0.2) is 0 Å². The van der Waals surface area contributed by atoms with E-state index in [2.05, 4.69) is 0 Å². The Morgan fingerprint density at radius 1 is 0.944 bits per heavy atom. The molecule has 0 aliphatic rings. The van der Waals surface area contributed by atoms with Gasteiger partial charge in [-0.2, -0.15) is 0 Å². The fourth-order valence-electron chi connectivity index (χ4n) is 1.93. The summed E-state index contributed by atoms with van der Waals surface area (Å²) in [5, 5.41) is 11.5. The van der Waals surface area contributed by atoms with Crippen molar-refractivity contribution in [2.45, 2.75) is 19.3 Å². The predicted octanol–water partition coefficient (Wildman–Crippen LogP) is 4.03. The van der Waals surface area contributed by atoms with Crippen molar-refractivity contribution in [1.82, 2.24) is 0 Å².